The molecule has 3 heteroatoms. The van der Waals surface area contributed by atoms with Crippen molar-refractivity contribution in [2.24, 2.45) is 0 Å². The first-order valence-corrected chi connectivity index (χ1v) is 9.25. The fraction of sp³-hybridized carbons (Fsp3) is 0.409. The Balaban J connectivity index is 0.00000109. The SMILES string of the molecule is CC.CC(=O)c1ccc(OCc2ccc(CN3CCCC3)cc2)cc1. The van der Waals surface area contributed by atoms with Crippen molar-refractivity contribution in [1.29, 1.82) is 0 Å². The maximum Gasteiger partial charge on any atom is 0.159 e. The first-order chi connectivity index (χ1) is 12.2. The lowest BCUT2D eigenvalue weighted by Crippen LogP contribution is -2.18. The Hall–Kier alpha value is -2.13. The zero-order valence-electron chi connectivity index (χ0n) is 15.6. The van der Waals surface area contributed by atoms with Gasteiger partial charge in [0.25, 0.3) is 0 Å². The molecule has 1 fully saturated rings. The Kier molecular flexibility index (Phi) is 7.68. The highest BCUT2D eigenvalue weighted by Crippen LogP contribution is 2.16. The molecule has 3 nitrogen and oxygen atoms in total. The van der Waals surface area contributed by atoms with Crippen molar-refractivity contribution in [3.8, 4) is 5.75 Å². The number of Topliss-reactive ketones (excluding diaryl/α,β-unsaturated/α-hetero) is 1. The quantitative estimate of drug-likeness (QED) is 0.687. The first kappa shape index (κ1) is 19.2. The minimum Gasteiger partial charge on any atom is -0.489 e. The smallest absolute Gasteiger partial charge is 0.159 e. The average Bonchev–Trinajstić information content (AvgIpc) is 3.16. The van der Waals surface area contributed by atoms with Crippen LogP contribution >= 0.6 is 0 Å². The summed E-state index contributed by atoms with van der Waals surface area (Å²) in [4.78, 5) is 13.7. The van der Waals surface area contributed by atoms with Crippen molar-refractivity contribution < 1.29 is 9.53 Å². The number of benzene rings is 2. The molecule has 1 aliphatic rings. The number of hydrogen-bond donors (Lipinski definition) is 0. The van der Waals surface area contributed by atoms with Crippen LogP contribution in [0.4, 0.5) is 0 Å². The van der Waals surface area contributed by atoms with E-state index in [1.165, 1.54) is 31.5 Å². The number of ketones is 1. The summed E-state index contributed by atoms with van der Waals surface area (Å²) in [7, 11) is 0. The van der Waals surface area contributed by atoms with E-state index >= 15 is 0 Å². The fourth-order valence-corrected chi connectivity index (χ4v) is 2.89. The van der Waals surface area contributed by atoms with E-state index in [9.17, 15) is 4.79 Å². The lowest BCUT2D eigenvalue weighted by Gasteiger charge is -2.14. The predicted octanol–water partition coefficient (Wildman–Crippen LogP) is 5.09. The highest BCUT2D eigenvalue weighted by molar-refractivity contribution is 5.94. The Morgan fingerprint density at radius 1 is 0.920 bits per heavy atom. The molecule has 1 saturated heterocycles. The molecule has 134 valence electrons. The van der Waals surface area contributed by atoms with Crippen LogP contribution < -0.4 is 4.74 Å². The molecule has 0 unspecified atom stereocenters. The molecular weight excluding hydrogens is 310 g/mol. The Bertz CT molecular complexity index is 641. The average molecular weight is 339 g/mol. The summed E-state index contributed by atoms with van der Waals surface area (Å²) in [6.07, 6.45) is 2.66. The highest BCUT2D eigenvalue weighted by Gasteiger charge is 2.11. The molecule has 0 amide bonds. The molecule has 1 heterocycles. The molecule has 0 radical (unpaired) electrons. The van der Waals surface area contributed by atoms with Gasteiger partial charge >= 0.3 is 0 Å². The molecule has 0 saturated carbocycles. The van der Waals surface area contributed by atoms with E-state index in [2.05, 4.69) is 29.2 Å². The van der Waals surface area contributed by atoms with Crippen LogP contribution in [0.1, 0.15) is 55.1 Å². The minimum atomic E-state index is 0.0742. The topological polar surface area (TPSA) is 29.5 Å². The summed E-state index contributed by atoms with van der Waals surface area (Å²) in [6, 6.07) is 15.9. The molecule has 0 bridgehead atoms. The third kappa shape index (κ3) is 6.02. The maximum absolute atomic E-state index is 11.2. The van der Waals surface area contributed by atoms with Crippen LogP contribution in [-0.2, 0) is 13.2 Å². The molecule has 0 spiro atoms. The van der Waals surface area contributed by atoms with Gasteiger partial charge in [0, 0.05) is 12.1 Å². The van der Waals surface area contributed by atoms with Gasteiger partial charge in [-0.15, -0.1) is 0 Å². The van der Waals surface area contributed by atoms with E-state index in [0.717, 1.165) is 17.9 Å². The van der Waals surface area contributed by atoms with Crippen molar-refractivity contribution in [2.45, 2.75) is 46.8 Å². The summed E-state index contributed by atoms with van der Waals surface area (Å²) < 4.78 is 5.78. The monoisotopic (exact) mass is 339 g/mol. The van der Waals surface area contributed by atoms with Crippen LogP contribution in [0.5, 0.6) is 5.75 Å². The van der Waals surface area contributed by atoms with Gasteiger partial charge in [-0.1, -0.05) is 38.1 Å². The third-order valence-corrected chi connectivity index (χ3v) is 4.29. The van der Waals surface area contributed by atoms with Gasteiger partial charge in [-0.05, 0) is 68.2 Å². The Morgan fingerprint density at radius 3 is 2.04 bits per heavy atom. The largest absolute Gasteiger partial charge is 0.489 e. The molecular formula is C22H29NO2. The van der Waals surface area contributed by atoms with Gasteiger partial charge in [-0.25, -0.2) is 0 Å². The van der Waals surface area contributed by atoms with Crippen LogP contribution in [0.3, 0.4) is 0 Å². The first-order valence-electron chi connectivity index (χ1n) is 9.25. The maximum atomic E-state index is 11.2. The van der Waals surface area contributed by atoms with Gasteiger partial charge in [0.1, 0.15) is 12.4 Å². The van der Waals surface area contributed by atoms with Crippen LogP contribution in [0.2, 0.25) is 0 Å². The van der Waals surface area contributed by atoms with E-state index < -0.39 is 0 Å². The molecule has 25 heavy (non-hydrogen) atoms. The fourth-order valence-electron chi connectivity index (χ4n) is 2.89. The minimum absolute atomic E-state index is 0.0742. The number of hydrogen-bond acceptors (Lipinski definition) is 3. The molecule has 3 rings (SSSR count). The standard InChI is InChI=1S/C20H23NO2.C2H6/c1-16(22)19-8-10-20(11-9-19)23-15-18-6-4-17(5-7-18)14-21-12-2-3-13-21;1-2/h4-11H,2-3,12-15H2,1H3;1-2H3. The van der Waals surface area contributed by atoms with Gasteiger partial charge in [0.05, 0.1) is 0 Å². The number of ether oxygens (including phenoxy) is 1. The summed E-state index contributed by atoms with van der Waals surface area (Å²) in [5.74, 6) is 0.862. The van der Waals surface area contributed by atoms with Crippen molar-refractivity contribution in [2.75, 3.05) is 13.1 Å². The highest BCUT2D eigenvalue weighted by atomic mass is 16.5. The number of carbonyl (C=O) groups excluding carboxylic acids is 1. The molecule has 0 N–H and O–H groups in total. The molecule has 1 aliphatic heterocycles. The molecule has 2 aromatic carbocycles. The van der Waals surface area contributed by atoms with Gasteiger partial charge in [-0.3, -0.25) is 9.69 Å². The van der Waals surface area contributed by atoms with E-state index in [0.29, 0.717) is 12.2 Å². The lowest BCUT2D eigenvalue weighted by molar-refractivity contribution is 0.101. The second-order valence-corrected chi connectivity index (χ2v) is 6.17. The van der Waals surface area contributed by atoms with E-state index in [1.54, 1.807) is 19.1 Å². The zero-order chi connectivity index (χ0) is 18.1. The number of likely N-dealkylation sites (tertiary alicyclic amines) is 1. The van der Waals surface area contributed by atoms with Crippen LogP contribution in [0.15, 0.2) is 48.5 Å². The number of nitrogens with zero attached hydrogens (tertiary/aromatic N) is 1. The Labute approximate surface area is 151 Å². The predicted molar refractivity (Wildman–Crippen MR) is 103 cm³/mol. The van der Waals surface area contributed by atoms with Crippen molar-refractivity contribution in [3.05, 3.63) is 65.2 Å². The van der Waals surface area contributed by atoms with Crippen molar-refractivity contribution in [1.82, 2.24) is 4.90 Å². The number of rotatable bonds is 6. The summed E-state index contributed by atoms with van der Waals surface area (Å²) in [6.45, 7) is 9.61. The van der Waals surface area contributed by atoms with E-state index in [4.69, 9.17) is 4.74 Å². The zero-order valence-corrected chi connectivity index (χ0v) is 15.6. The second-order valence-electron chi connectivity index (χ2n) is 6.17. The van der Waals surface area contributed by atoms with Crippen LogP contribution in [0.25, 0.3) is 0 Å². The van der Waals surface area contributed by atoms with Gasteiger partial charge < -0.3 is 4.74 Å². The van der Waals surface area contributed by atoms with Gasteiger partial charge in [0.15, 0.2) is 5.78 Å². The molecule has 2 aromatic rings. The van der Waals surface area contributed by atoms with Gasteiger partial charge in [-0.2, -0.15) is 0 Å². The van der Waals surface area contributed by atoms with Crippen LogP contribution in [-0.4, -0.2) is 23.8 Å². The molecule has 0 atom stereocenters. The van der Waals surface area contributed by atoms with E-state index in [-0.39, 0.29) is 5.78 Å². The third-order valence-electron chi connectivity index (χ3n) is 4.29. The van der Waals surface area contributed by atoms with Crippen molar-refractivity contribution in [3.63, 3.8) is 0 Å². The summed E-state index contributed by atoms with van der Waals surface area (Å²) >= 11 is 0. The molecule has 0 aliphatic carbocycles. The molecule has 0 aromatic heterocycles. The number of carbonyl (C=O) groups is 1. The normalized spacial score (nSPS) is 13.9. The van der Waals surface area contributed by atoms with Gasteiger partial charge in [0.2, 0.25) is 0 Å². The summed E-state index contributed by atoms with van der Waals surface area (Å²) in [5.41, 5.74) is 3.23. The van der Waals surface area contributed by atoms with Crippen molar-refractivity contribution >= 4 is 5.78 Å². The van der Waals surface area contributed by atoms with E-state index in [1.807, 2.05) is 26.0 Å². The van der Waals surface area contributed by atoms with Crippen LogP contribution in [0, 0.1) is 0 Å². The Morgan fingerprint density at radius 2 is 1.48 bits per heavy atom. The second kappa shape index (κ2) is 10.00. The lowest BCUT2D eigenvalue weighted by atomic mass is 10.1. The summed E-state index contributed by atoms with van der Waals surface area (Å²) in [5, 5.41) is 0.